The highest BCUT2D eigenvalue weighted by molar-refractivity contribution is 9.10. The molecule has 3 nitrogen and oxygen atoms in total. The van der Waals surface area contributed by atoms with Crippen LogP contribution in [0, 0.1) is 0 Å². The third kappa shape index (κ3) is 3.28. The lowest BCUT2D eigenvalue weighted by Crippen LogP contribution is -2.48. The van der Waals surface area contributed by atoms with Gasteiger partial charge >= 0.3 is 0 Å². The summed E-state index contributed by atoms with van der Waals surface area (Å²) in [5.74, 6) is 0.600. The van der Waals surface area contributed by atoms with Crippen molar-refractivity contribution < 1.29 is 10.2 Å². The second-order valence-electron chi connectivity index (χ2n) is 4.65. The summed E-state index contributed by atoms with van der Waals surface area (Å²) in [4.78, 5) is 0. The predicted molar refractivity (Wildman–Crippen MR) is 71.0 cm³/mol. The smallest absolute Gasteiger partial charge is 0.0607 e. The van der Waals surface area contributed by atoms with Gasteiger partial charge < -0.3 is 15.5 Å². The van der Waals surface area contributed by atoms with Crippen molar-refractivity contribution in [3.8, 4) is 0 Å². The maximum atomic E-state index is 8.99. The van der Waals surface area contributed by atoms with Crippen LogP contribution >= 0.6 is 15.9 Å². The number of hydrogen-bond donors (Lipinski definition) is 3. The number of aliphatic hydroxyl groups is 2. The fraction of sp³-hybridized carbons (Fsp3) is 0.538. The average Bonchev–Trinajstić information content (AvgIpc) is 2.28. The Kier molecular flexibility index (Phi) is 4.56. The van der Waals surface area contributed by atoms with Crippen molar-refractivity contribution in [3.63, 3.8) is 0 Å². The molecule has 0 aromatic heterocycles. The van der Waals surface area contributed by atoms with Gasteiger partial charge in [0.2, 0.25) is 0 Å². The molecule has 3 N–H and O–H groups in total. The normalized spacial score (nSPS) is 23.8. The van der Waals surface area contributed by atoms with E-state index in [1.54, 1.807) is 0 Å². The third-order valence-corrected chi connectivity index (χ3v) is 3.86. The zero-order valence-corrected chi connectivity index (χ0v) is 11.2. The van der Waals surface area contributed by atoms with Crippen molar-refractivity contribution in [3.05, 3.63) is 34.3 Å². The summed E-state index contributed by atoms with van der Waals surface area (Å²) < 4.78 is 1.12. The molecule has 0 unspecified atom stereocenters. The number of rotatable bonds is 5. The van der Waals surface area contributed by atoms with Gasteiger partial charge in [0.05, 0.1) is 19.3 Å². The first-order valence-corrected chi connectivity index (χ1v) is 6.75. The van der Waals surface area contributed by atoms with Gasteiger partial charge in [-0.2, -0.15) is 0 Å². The van der Waals surface area contributed by atoms with Gasteiger partial charge in [-0.15, -0.1) is 0 Å². The van der Waals surface area contributed by atoms with Crippen molar-refractivity contribution in [2.75, 3.05) is 13.2 Å². The summed E-state index contributed by atoms with van der Waals surface area (Å²) in [6.45, 7) is -0.0108. The molecular weight excluding hydrogens is 282 g/mol. The number of benzene rings is 1. The van der Waals surface area contributed by atoms with Gasteiger partial charge in [0, 0.05) is 10.5 Å². The first-order chi connectivity index (χ1) is 8.22. The van der Waals surface area contributed by atoms with E-state index in [-0.39, 0.29) is 19.3 Å². The van der Waals surface area contributed by atoms with E-state index in [1.165, 1.54) is 5.56 Å². The van der Waals surface area contributed by atoms with Crippen molar-refractivity contribution in [2.45, 2.75) is 30.8 Å². The van der Waals surface area contributed by atoms with Gasteiger partial charge in [0.25, 0.3) is 0 Å². The third-order valence-electron chi connectivity index (χ3n) is 3.37. The molecule has 2 rings (SSSR count). The number of aliphatic hydroxyl groups excluding tert-OH is 2. The predicted octanol–water partition coefficient (Wildman–Crippen LogP) is 1.64. The summed E-state index contributed by atoms with van der Waals surface area (Å²) >= 11 is 3.48. The lowest BCUT2D eigenvalue weighted by atomic mass is 9.75. The van der Waals surface area contributed by atoms with Crippen LogP contribution in [0.25, 0.3) is 0 Å². The standard InChI is InChI=1S/C13H18BrNO2/c14-11-3-1-2-9(4-11)10-5-12(6-10)15-13(7-16)8-17/h1-4,10,12-13,15-17H,5-8H2. The lowest BCUT2D eigenvalue weighted by Gasteiger charge is -2.38. The number of halogens is 1. The monoisotopic (exact) mass is 299 g/mol. The number of hydrogen-bond acceptors (Lipinski definition) is 3. The van der Waals surface area contributed by atoms with Crippen LogP contribution in [0.3, 0.4) is 0 Å². The molecule has 0 radical (unpaired) electrons. The van der Waals surface area contributed by atoms with E-state index in [1.807, 2.05) is 6.07 Å². The molecule has 1 aromatic carbocycles. The highest BCUT2D eigenvalue weighted by Crippen LogP contribution is 2.37. The van der Waals surface area contributed by atoms with Crippen LogP contribution in [0.2, 0.25) is 0 Å². The second-order valence-corrected chi connectivity index (χ2v) is 5.56. The number of nitrogens with one attached hydrogen (secondary N) is 1. The van der Waals surface area contributed by atoms with E-state index in [0.717, 1.165) is 17.3 Å². The Hall–Kier alpha value is -0.420. The molecule has 0 heterocycles. The summed E-state index contributed by atoms with van der Waals surface area (Å²) in [6.07, 6.45) is 2.15. The Labute approximate surface area is 110 Å². The highest BCUT2D eigenvalue weighted by Gasteiger charge is 2.31. The maximum Gasteiger partial charge on any atom is 0.0607 e. The summed E-state index contributed by atoms with van der Waals surface area (Å²) in [7, 11) is 0. The Morgan fingerprint density at radius 3 is 2.59 bits per heavy atom. The van der Waals surface area contributed by atoms with E-state index >= 15 is 0 Å². The molecule has 4 heteroatoms. The van der Waals surface area contributed by atoms with E-state index in [9.17, 15) is 0 Å². The molecule has 1 aliphatic rings. The van der Waals surface area contributed by atoms with Crippen LogP contribution in [0.1, 0.15) is 24.3 Å². The molecule has 0 bridgehead atoms. The van der Waals surface area contributed by atoms with E-state index in [2.05, 4.69) is 39.4 Å². The van der Waals surface area contributed by atoms with Gasteiger partial charge in [-0.3, -0.25) is 0 Å². The minimum atomic E-state index is -0.177. The molecule has 0 saturated heterocycles. The van der Waals surface area contributed by atoms with Crippen LogP contribution in [-0.2, 0) is 0 Å². The minimum absolute atomic E-state index is 0.00540. The zero-order valence-electron chi connectivity index (χ0n) is 9.64. The van der Waals surface area contributed by atoms with E-state index in [4.69, 9.17) is 10.2 Å². The first kappa shape index (κ1) is 13.0. The molecule has 0 aliphatic heterocycles. The van der Waals surface area contributed by atoms with Crippen molar-refractivity contribution in [2.24, 2.45) is 0 Å². The lowest BCUT2D eigenvalue weighted by molar-refractivity contribution is 0.142. The van der Waals surface area contributed by atoms with Gasteiger partial charge in [-0.05, 0) is 36.5 Å². The van der Waals surface area contributed by atoms with Crippen molar-refractivity contribution >= 4 is 15.9 Å². The van der Waals surface area contributed by atoms with Gasteiger partial charge in [0.15, 0.2) is 0 Å². The Morgan fingerprint density at radius 2 is 2.00 bits per heavy atom. The summed E-state index contributed by atoms with van der Waals surface area (Å²) in [5.41, 5.74) is 1.36. The fourth-order valence-electron chi connectivity index (χ4n) is 2.28. The first-order valence-electron chi connectivity index (χ1n) is 5.96. The average molecular weight is 300 g/mol. The Bertz CT molecular complexity index is 362. The van der Waals surface area contributed by atoms with Crippen molar-refractivity contribution in [1.29, 1.82) is 0 Å². The molecule has 1 aromatic rings. The fourth-order valence-corrected chi connectivity index (χ4v) is 2.70. The quantitative estimate of drug-likeness (QED) is 0.775. The van der Waals surface area contributed by atoms with Crippen LogP contribution in [0.5, 0.6) is 0 Å². The van der Waals surface area contributed by atoms with Crippen LogP contribution in [0.15, 0.2) is 28.7 Å². The molecule has 1 aliphatic carbocycles. The highest BCUT2D eigenvalue weighted by atomic mass is 79.9. The van der Waals surface area contributed by atoms with Gasteiger partial charge in [-0.1, -0.05) is 28.1 Å². The topological polar surface area (TPSA) is 52.5 Å². The SMILES string of the molecule is OCC(CO)NC1CC(c2cccc(Br)c2)C1. The largest absolute Gasteiger partial charge is 0.395 e. The molecule has 1 fully saturated rings. The minimum Gasteiger partial charge on any atom is -0.395 e. The molecule has 1 saturated carbocycles. The van der Waals surface area contributed by atoms with Crippen molar-refractivity contribution in [1.82, 2.24) is 5.32 Å². The van der Waals surface area contributed by atoms with Gasteiger partial charge in [-0.25, -0.2) is 0 Å². The molecule has 0 atom stereocenters. The van der Waals surface area contributed by atoms with E-state index in [0.29, 0.717) is 12.0 Å². The Morgan fingerprint density at radius 1 is 1.29 bits per heavy atom. The molecule has 0 spiro atoms. The zero-order chi connectivity index (χ0) is 12.3. The molecule has 17 heavy (non-hydrogen) atoms. The Balaban J connectivity index is 1.82. The summed E-state index contributed by atoms with van der Waals surface area (Å²) in [5, 5.41) is 21.2. The molecule has 94 valence electrons. The van der Waals surface area contributed by atoms with Crippen LogP contribution in [-0.4, -0.2) is 35.5 Å². The molecule has 0 amide bonds. The summed E-state index contributed by atoms with van der Waals surface area (Å²) in [6, 6.07) is 8.65. The van der Waals surface area contributed by atoms with E-state index < -0.39 is 0 Å². The molecular formula is C13H18BrNO2. The van der Waals surface area contributed by atoms with Gasteiger partial charge in [0.1, 0.15) is 0 Å². The second kappa shape index (κ2) is 5.96. The van der Waals surface area contributed by atoms with Crippen LogP contribution in [0.4, 0.5) is 0 Å². The maximum absolute atomic E-state index is 8.99. The van der Waals surface area contributed by atoms with Crippen LogP contribution < -0.4 is 5.32 Å².